The first-order chi connectivity index (χ1) is 20.6. The van der Waals surface area contributed by atoms with Gasteiger partial charge in [0.15, 0.2) is 23.3 Å². The summed E-state index contributed by atoms with van der Waals surface area (Å²) in [5.74, 6) is -5.02. The fourth-order valence-electron chi connectivity index (χ4n) is 3.58. The number of rotatable bonds is 8. The van der Waals surface area contributed by atoms with E-state index >= 15 is 0 Å². The molecule has 4 aromatic carbocycles. The SMILES string of the molecule is N#C/C(=C/c1ccc(F)c(F)c1)C(=O)Nc1ccc(Oc2ccc(NC(=O)/C(C#N)=C/c3ccc(F)c(F)c3)cc2)cc1. The Morgan fingerprint density at radius 1 is 0.581 bits per heavy atom. The van der Waals surface area contributed by atoms with Gasteiger partial charge >= 0.3 is 0 Å². The highest BCUT2D eigenvalue weighted by atomic mass is 19.2. The van der Waals surface area contributed by atoms with Crippen LogP contribution in [0, 0.1) is 45.9 Å². The Kier molecular flexibility index (Phi) is 9.31. The highest BCUT2D eigenvalue weighted by molar-refractivity contribution is 6.10. The van der Waals surface area contributed by atoms with Crippen molar-refractivity contribution >= 4 is 35.3 Å². The molecule has 0 unspecified atom stereocenters. The zero-order chi connectivity index (χ0) is 30.9. The van der Waals surface area contributed by atoms with Crippen molar-refractivity contribution in [1.82, 2.24) is 0 Å². The predicted octanol–water partition coefficient (Wildman–Crippen LogP) is 7.13. The molecule has 0 radical (unpaired) electrons. The van der Waals surface area contributed by atoms with Gasteiger partial charge in [-0.15, -0.1) is 0 Å². The molecule has 0 bridgehead atoms. The average Bonchev–Trinajstić information content (AvgIpc) is 3.00. The number of ether oxygens (including phenoxy) is 1. The molecule has 0 saturated carbocycles. The van der Waals surface area contributed by atoms with Crippen LogP contribution in [0.2, 0.25) is 0 Å². The summed E-state index contributed by atoms with van der Waals surface area (Å²) in [5.41, 5.74) is 0.325. The smallest absolute Gasteiger partial charge is 0.266 e. The zero-order valence-corrected chi connectivity index (χ0v) is 21.9. The fraction of sp³-hybridized carbons (Fsp3) is 0. The van der Waals surface area contributed by atoms with Gasteiger partial charge in [-0.25, -0.2) is 17.6 Å². The summed E-state index contributed by atoms with van der Waals surface area (Å²) in [4.78, 5) is 25.0. The molecule has 43 heavy (non-hydrogen) atoms. The summed E-state index contributed by atoms with van der Waals surface area (Å²) in [6.45, 7) is 0. The first kappa shape index (κ1) is 29.8. The normalized spacial score (nSPS) is 11.2. The molecule has 0 spiro atoms. The quantitative estimate of drug-likeness (QED) is 0.130. The van der Waals surface area contributed by atoms with Gasteiger partial charge in [0.1, 0.15) is 34.8 Å². The minimum absolute atomic E-state index is 0.142. The molecular formula is C32H18F4N4O3. The van der Waals surface area contributed by atoms with Crippen molar-refractivity contribution in [3.8, 4) is 23.6 Å². The van der Waals surface area contributed by atoms with Crippen LogP contribution in [0.15, 0.2) is 96.1 Å². The maximum Gasteiger partial charge on any atom is 0.266 e. The number of nitrogens with one attached hydrogen (secondary N) is 2. The van der Waals surface area contributed by atoms with Gasteiger partial charge in [0.05, 0.1) is 0 Å². The molecule has 4 aromatic rings. The molecule has 0 saturated heterocycles. The number of carbonyl (C=O) groups excluding carboxylic acids is 2. The molecular weight excluding hydrogens is 564 g/mol. The Labute approximate surface area is 242 Å². The lowest BCUT2D eigenvalue weighted by Crippen LogP contribution is -2.13. The Hall–Kier alpha value is -6.20. The van der Waals surface area contributed by atoms with Crippen molar-refractivity contribution in [2.75, 3.05) is 10.6 Å². The molecule has 7 nitrogen and oxygen atoms in total. The number of halogens is 4. The third-order valence-corrected chi connectivity index (χ3v) is 5.70. The van der Waals surface area contributed by atoms with E-state index in [1.807, 2.05) is 0 Å². The van der Waals surface area contributed by atoms with Crippen LogP contribution < -0.4 is 15.4 Å². The predicted molar refractivity (Wildman–Crippen MR) is 150 cm³/mol. The molecule has 0 aliphatic carbocycles. The van der Waals surface area contributed by atoms with E-state index in [4.69, 9.17) is 4.74 Å². The first-order valence-electron chi connectivity index (χ1n) is 12.3. The fourth-order valence-corrected chi connectivity index (χ4v) is 3.58. The minimum atomic E-state index is -1.11. The molecule has 212 valence electrons. The van der Waals surface area contributed by atoms with Gasteiger partial charge in [0, 0.05) is 11.4 Å². The van der Waals surface area contributed by atoms with Gasteiger partial charge in [-0.3, -0.25) is 9.59 Å². The van der Waals surface area contributed by atoms with Gasteiger partial charge in [0.2, 0.25) is 0 Å². The number of carbonyl (C=O) groups is 2. The van der Waals surface area contributed by atoms with E-state index in [0.717, 1.165) is 36.4 Å². The second kappa shape index (κ2) is 13.4. The van der Waals surface area contributed by atoms with Gasteiger partial charge in [-0.2, -0.15) is 10.5 Å². The van der Waals surface area contributed by atoms with E-state index in [-0.39, 0.29) is 22.3 Å². The highest BCUT2D eigenvalue weighted by Gasteiger charge is 2.13. The maximum absolute atomic E-state index is 13.4. The molecule has 2 N–H and O–H groups in total. The Balaban J connectivity index is 1.35. The Morgan fingerprint density at radius 3 is 1.28 bits per heavy atom. The number of hydrogen-bond acceptors (Lipinski definition) is 5. The molecule has 0 aliphatic rings. The molecule has 0 aromatic heterocycles. The van der Waals surface area contributed by atoms with Crippen LogP contribution in [-0.4, -0.2) is 11.8 Å². The Bertz CT molecular complexity index is 1700. The molecule has 11 heteroatoms. The summed E-state index contributed by atoms with van der Waals surface area (Å²) < 4.78 is 58.8. The number of nitrogens with zero attached hydrogens (tertiary/aromatic N) is 2. The number of nitriles is 2. The molecule has 0 aliphatic heterocycles. The van der Waals surface area contributed by atoms with Gasteiger partial charge in [0.25, 0.3) is 11.8 Å². The summed E-state index contributed by atoms with van der Waals surface area (Å²) in [6, 6.07) is 21.7. The third-order valence-electron chi connectivity index (χ3n) is 5.70. The maximum atomic E-state index is 13.4. The van der Waals surface area contributed by atoms with Crippen LogP contribution in [0.1, 0.15) is 11.1 Å². The number of anilines is 2. The minimum Gasteiger partial charge on any atom is -0.457 e. The topological polar surface area (TPSA) is 115 Å². The van der Waals surface area contributed by atoms with Crippen molar-refractivity contribution in [3.63, 3.8) is 0 Å². The van der Waals surface area contributed by atoms with Crippen LogP contribution in [-0.2, 0) is 9.59 Å². The largest absolute Gasteiger partial charge is 0.457 e. The van der Waals surface area contributed by atoms with E-state index in [2.05, 4.69) is 10.6 Å². The van der Waals surface area contributed by atoms with Gasteiger partial charge in [-0.05, 0) is 96.1 Å². The van der Waals surface area contributed by atoms with Crippen molar-refractivity contribution in [2.45, 2.75) is 0 Å². The van der Waals surface area contributed by atoms with Crippen molar-refractivity contribution in [1.29, 1.82) is 10.5 Å². The highest BCUT2D eigenvalue weighted by Crippen LogP contribution is 2.25. The monoisotopic (exact) mass is 582 g/mol. The van der Waals surface area contributed by atoms with Gasteiger partial charge < -0.3 is 15.4 Å². The summed E-state index contributed by atoms with van der Waals surface area (Å²) in [5, 5.41) is 23.7. The zero-order valence-electron chi connectivity index (χ0n) is 21.9. The second-order valence-corrected chi connectivity index (χ2v) is 8.75. The second-order valence-electron chi connectivity index (χ2n) is 8.75. The van der Waals surface area contributed by atoms with Crippen LogP contribution in [0.5, 0.6) is 11.5 Å². The number of benzene rings is 4. The van der Waals surface area contributed by atoms with Crippen LogP contribution in [0.4, 0.5) is 28.9 Å². The van der Waals surface area contributed by atoms with Crippen molar-refractivity contribution in [3.05, 3.63) is 130 Å². The van der Waals surface area contributed by atoms with E-state index < -0.39 is 35.1 Å². The molecule has 0 fully saturated rings. The molecule has 4 rings (SSSR count). The molecule has 0 atom stereocenters. The van der Waals surface area contributed by atoms with E-state index in [0.29, 0.717) is 22.9 Å². The van der Waals surface area contributed by atoms with Crippen LogP contribution >= 0.6 is 0 Å². The molecule has 0 heterocycles. The lowest BCUT2D eigenvalue weighted by atomic mass is 10.1. The average molecular weight is 583 g/mol. The lowest BCUT2D eigenvalue weighted by molar-refractivity contribution is -0.113. The summed E-state index contributed by atoms with van der Waals surface area (Å²) in [7, 11) is 0. The van der Waals surface area contributed by atoms with Gasteiger partial charge in [-0.1, -0.05) is 12.1 Å². The molecule has 2 amide bonds. The van der Waals surface area contributed by atoms with Crippen LogP contribution in [0.25, 0.3) is 12.2 Å². The Morgan fingerprint density at radius 2 is 0.953 bits per heavy atom. The van der Waals surface area contributed by atoms with E-state index in [9.17, 15) is 37.7 Å². The van der Waals surface area contributed by atoms with Crippen LogP contribution in [0.3, 0.4) is 0 Å². The van der Waals surface area contributed by atoms with E-state index in [1.54, 1.807) is 36.4 Å². The number of amides is 2. The van der Waals surface area contributed by atoms with Crippen molar-refractivity contribution in [2.24, 2.45) is 0 Å². The summed E-state index contributed by atoms with van der Waals surface area (Å²) in [6.07, 6.45) is 2.26. The summed E-state index contributed by atoms with van der Waals surface area (Å²) >= 11 is 0. The number of hydrogen-bond donors (Lipinski definition) is 2. The standard InChI is InChI=1S/C32H18F4N4O3/c33-27-11-1-19(15-29(27)35)13-21(17-37)31(41)39-23-3-7-25(8-4-23)43-26-9-5-24(6-10-26)40-32(42)22(18-38)14-20-2-12-28(34)30(36)16-20/h1-16H,(H,39,41)(H,40,42)/b21-13-,22-14+. The van der Waals surface area contributed by atoms with E-state index in [1.165, 1.54) is 36.4 Å². The van der Waals surface area contributed by atoms with Crippen molar-refractivity contribution < 1.29 is 31.9 Å². The third kappa shape index (κ3) is 7.93. The first-order valence-corrected chi connectivity index (χ1v) is 12.3. The lowest BCUT2D eigenvalue weighted by Gasteiger charge is -2.09.